The number of benzene rings is 1. The zero-order valence-electron chi connectivity index (χ0n) is 10.2. The lowest BCUT2D eigenvalue weighted by molar-refractivity contribution is 0.628. The predicted molar refractivity (Wildman–Crippen MR) is 80.1 cm³/mol. The summed E-state index contributed by atoms with van der Waals surface area (Å²) >= 11 is 6.71. The Hall–Kier alpha value is -2.12. The summed E-state index contributed by atoms with van der Waals surface area (Å²) in [5.41, 5.74) is 0.784. The largest absolute Gasteiger partial charge is 0.250 e. The summed E-state index contributed by atoms with van der Waals surface area (Å²) in [6.07, 6.45) is 1.61. The third kappa shape index (κ3) is 2.59. The first-order valence-electron chi connectivity index (χ1n) is 5.75. The van der Waals surface area contributed by atoms with E-state index in [2.05, 4.69) is 15.3 Å². The SMILES string of the molecule is Fc1ccc(/C=N\n2c(-c3cccs3)n[nH]c2=S)cc1. The smallest absolute Gasteiger partial charge is 0.216 e. The Bertz CT molecular complexity index is 785. The van der Waals surface area contributed by atoms with Crippen LogP contribution in [0, 0.1) is 10.6 Å². The van der Waals surface area contributed by atoms with Gasteiger partial charge in [0.05, 0.1) is 11.1 Å². The second-order valence-electron chi connectivity index (χ2n) is 3.94. The molecule has 2 heterocycles. The molecule has 100 valence electrons. The number of halogens is 1. The van der Waals surface area contributed by atoms with Crippen LogP contribution in [0.2, 0.25) is 0 Å². The molecule has 2 aromatic heterocycles. The molecule has 0 spiro atoms. The van der Waals surface area contributed by atoms with Crippen molar-refractivity contribution in [3.63, 3.8) is 0 Å². The molecule has 0 atom stereocenters. The number of aromatic amines is 1. The lowest BCUT2D eigenvalue weighted by Crippen LogP contribution is -1.93. The van der Waals surface area contributed by atoms with Gasteiger partial charge in [-0.05, 0) is 41.4 Å². The minimum absolute atomic E-state index is 0.277. The highest BCUT2D eigenvalue weighted by molar-refractivity contribution is 7.71. The molecule has 0 radical (unpaired) electrons. The maximum absolute atomic E-state index is 12.8. The lowest BCUT2D eigenvalue weighted by atomic mass is 10.2. The molecule has 3 rings (SSSR count). The monoisotopic (exact) mass is 304 g/mol. The van der Waals surface area contributed by atoms with Crippen molar-refractivity contribution in [3.8, 4) is 10.7 Å². The van der Waals surface area contributed by atoms with Gasteiger partial charge in [-0.3, -0.25) is 0 Å². The molecule has 0 fully saturated rings. The molecule has 0 unspecified atom stereocenters. The van der Waals surface area contributed by atoms with Gasteiger partial charge in [-0.1, -0.05) is 18.2 Å². The van der Waals surface area contributed by atoms with Gasteiger partial charge < -0.3 is 0 Å². The number of nitrogens with zero attached hydrogens (tertiary/aromatic N) is 3. The molecule has 20 heavy (non-hydrogen) atoms. The standard InChI is InChI=1S/C13H9FN4S2/c14-10-5-3-9(4-6-10)8-15-18-12(16-17-13(18)19)11-2-1-7-20-11/h1-8H,(H,17,19)/b15-8-. The molecule has 7 heteroatoms. The third-order valence-corrected chi connectivity index (χ3v) is 3.71. The van der Waals surface area contributed by atoms with Crippen LogP contribution < -0.4 is 0 Å². The molecule has 1 aromatic carbocycles. The second-order valence-corrected chi connectivity index (χ2v) is 5.27. The highest BCUT2D eigenvalue weighted by Crippen LogP contribution is 2.22. The van der Waals surface area contributed by atoms with Crippen LogP contribution in [0.15, 0.2) is 46.9 Å². The van der Waals surface area contributed by atoms with E-state index in [-0.39, 0.29) is 5.82 Å². The lowest BCUT2D eigenvalue weighted by Gasteiger charge is -1.97. The molecule has 0 saturated carbocycles. The van der Waals surface area contributed by atoms with Crippen molar-refractivity contribution in [2.45, 2.75) is 0 Å². The first-order valence-corrected chi connectivity index (χ1v) is 7.04. The van der Waals surface area contributed by atoms with Gasteiger partial charge in [-0.15, -0.1) is 11.3 Å². The van der Waals surface area contributed by atoms with E-state index in [9.17, 15) is 4.39 Å². The van der Waals surface area contributed by atoms with E-state index in [0.29, 0.717) is 10.6 Å². The van der Waals surface area contributed by atoms with Gasteiger partial charge >= 0.3 is 0 Å². The Labute approximate surface area is 123 Å². The first kappa shape index (κ1) is 12.9. The van der Waals surface area contributed by atoms with Crippen molar-refractivity contribution in [2.24, 2.45) is 5.10 Å². The Morgan fingerprint density at radius 1 is 1.30 bits per heavy atom. The zero-order chi connectivity index (χ0) is 13.9. The van der Waals surface area contributed by atoms with Crippen molar-refractivity contribution in [3.05, 3.63) is 57.9 Å². The van der Waals surface area contributed by atoms with Crippen LogP contribution in [0.5, 0.6) is 0 Å². The maximum Gasteiger partial charge on any atom is 0.216 e. The van der Waals surface area contributed by atoms with Crippen LogP contribution in [0.3, 0.4) is 0 Å². The van der Waals surface area contributed by atoms with E-state index in [4.69, 9.17) is 12.2 Å². The molecule has 0 bridgehead atoms. The predicted octanol–water partition coefficient (Wildman–Crippen LogP) is 3.69. The van der Waals surface area contributed by atoms with E-state index in [0.717, 1.165) is 10.4 Å². The van der Waals surface area contributed by atoms with Gasteiger partial charge in [0.25, 0.3) is 0 Å². The summed E-state index contributed by atoms with van der Waals surface area (Å²) in [4.78, 5) is 0.966. The summed E-state index contributed by atoms with van der Waals surface area (Å²) in [7, 11) is 0. The number of hydrogen-bond donors (Lipinski definition) is 1. The quantitative estimate of drug-likeness (QED) is 0.592. The summed E-state index contributed by atoms with van der Waals surface area (Å²) in [5, 5.41) is 13.1. The highest BCUT2D eigenvalue weighted by atomic mass is 32.1. The topological polar surface area (TPSA) is 46.0 Å². The minimum atomic E-state index is -0.277. The van der Waals surface area contributed by atoms with Crippen LogP contribution in [0.4, 0.5) is 4.39 Å². The molecule has 0 aliphatic rings. The average molecular weight is 304 g/mol. The van der Waals surface area contributed by atoms with Crippen LogP contribution in [0.25, 0.3) is 10.7 Å². The summed E-state index contributed by atoms with van der Waals surface area (Å²) in [6.45, 7) is 0. The Balaban J connectivity index is 1.97. The summed E-state index contributed by atoms with van der Waals surface area (Å²) < 4.78 is 14.8. The van der Waals surface area contributed by atoms with Crippen molar-refractivity contribution in [1.29, 1.82) is 0 Å². The number of aromatic nitrogens is 3. The van der Waals surface area contributed by atoms with E-state index < -0.39 is 0 Å². The van der Waals surface area contributed by atoms with Crippen LogP contribution in [-0.2, 0) is 0 Å². The number of hydrogen-bond acceptors (Lipinski definition) is 4. The Morgan fingerprint density at radius 3 is 2.80 bits per heavy atom. The fourth-order valence-electron chi connectivity index (χ4n) is 1.64. The zero-order valence-corrected chi connectivity index (χ0v) is 11.8. The molecule has 0 aliphatic carbocycles. The molecular formula is C13H9FN4S2. The van der Waals surface area contributed by atoms with E-state index >= 15 is 0 Å². The van der Waals surface area contributed by atoms with E-state index in [1.807, 2.05) is 17.5 Å². The van der Waals surface area contributed by atoms with Crippen molar-refractivity contribution >= 4 is 29.8 Å². The van der Waals surface area contributed by atoms with Crippen LogP contribution in [-0.4, -0.2) is 21.1 Å². The molecule has 1 N–H and O–H groups in total. The van der Waals surface area contributed by atoms with E-state index in [1.165, 1.54) is 12.1 Å². The Kier molecular flexibility index (Phi) is 3.53. The van der Waals surface area contributed by atoms with Gasteiger partial charge in [0.2, 0.25) is 4.77 Å². The molecular weight excluding hydrogens is 295 g/mol. The molecule has 4 nitrogen and oxygen atoms in total. The fourth-order valence-corrected chi connectivity index (χ4v) is 2.51. The highest BCUT2D eigenvalue weighted by Gasteiger charge is 2.08. The number of nitrogens with one attached hydrogen (secondary N) is 1. The molecule has 0 aliphatic heterocycles. The van der Waals surface area contributed by atoms with Gasteiger partial charge in [0.15, 0.2) is 5.82 Å². The van der Waals surface area contributed by atoms with Crippen LogP contribution in [0.1, 0.15) is 5.56 Å². The third-order valence-electron chi connectivity index (χ3n) is 2.58. The van der Waals surface area contributed by atoms with Gasteiger partial charge in [0, 0.05) is 0 Å². The average Bonchev–Trinajstić information content (AvgIpc) is 3.08. The minimum Gasteiger partial charge on any atom is -0.250 e. The second kappa shape index (κ2) is 5.48. The van der Waals surface area contributed by atoms with Gasteiger partial charge in [-0.2, -0.15) is 14.9 Å². The number of rotatable bonds is 3. The fraction of sp³-hybridized carbons (Fsp3) is 0. The summed E-state index contributed by atoms with van der Waals surface area (Å²) in [6, 6.07) is 9.94. The molecule has 0 amide bonds. The number of H-pyrrole nitrogens is 1. The van der Waals surface area contributed by atoms with Gasteiger partial charge in [-0.25, -0.2) is 9.49 Å². The normalized spacial score (nSPS) is 11.2. The van der Waals surface area contributed by atoms with Crippen molar-refractivity contribution in [2.75, 3.05) is 0 Å². The van der Waals surface area contributed by atoms with Gasteiger partial charge in [0.1, 0.15) is 5.82 Å². The van der Waals surface area contributed by atoms with Crippen LogP contribution >= 0.6 is 23.6 Å². The first-order chi connectivity index (χ1) is 9.74. The molecule has 0 saturated heterocycles. The number of thiophene rings is 1. The van der Waals surface area contributed by atoms with E-state index in [1.54, 1.807) is 34.4 Å². The van der Waals surface area contributed by atoms with Crippen molar-refractivity contribution in [1.82, 2.24) is 14.9 Å². The molecule has 3 aromatic rings. The summed E-state index contributed by atoms with van der Waals surface area (Å²) in [5.74, 6) is 0.379. The van der Waals surface area contributed by atoms with Crippen molar-refractivity contribution < 1.29 is 4.39 Å². The Morgan fingerprint density at radius 2 is 2.10 bits per heavy atom. The maximum atomic E-state index is 12.8.